The molecule has 2 N–H and O–H groups in total. The third kappa shape index (κ3) is 3.53. The zero-order chi connectivity index (χ0) is 17.2. The molecule has 4 rings (SSSR count). The van der Waals surface area contributed by atoms with E-state index >= 15 is 0 Å². The first-order valence-electron chi connectivity index (χ1n) is 8.40. The number of amides is 2. The summed E-state index contributed by atoms with van der Waals surface area (Å²) in [6.45, 7) is 0. The summed E-state index contributed by atoms with van der Waals surface area (Å²) in [6.07, 6.45) is 1.93. The van der Waals surface area contributed by atoms with Gasteiger partial charge in [-0.3, -0.25) is 9.59 Å². The standard InChI is InChI=1S/C21H18N2O2/c24-20(15-9-10-15)22-18-6-3-7-19(13-18)23-21(25)17-11-8-14-4-1-2-5-16(14)12-17/h1-8,11-13,15H,9-10H2,(H,22,24)(H,23,25). The quantitative estimate of drug-likeness (QED) is 0.743. The highest BCUT2D eigenvalue weighted by atomic mass is 16.2. The van der Waals surface area contributed by atoms with Crippen LogP contribution in [0.3, 0.4) is 0 Å². The van der Waals surface area contributed by atoms with E-state index in [2.05, 4.69) is 10.6 Å². The molecule has 0 bridgehead atoms. The van der Waals surface area contributed by atoms with Gasteiger partial charge in [-0.05, 0) is 53.9 Å². The first-order chi connectivity index (χ1) is 12.2. The second kappa shape index (κ2) is 6.40. The van der Waals surface area contributed by atoms with Gasteiger partial charge in [-0.25, -0.2) is 0 Å². The first kappa shape index (κ1) is 15.4. The summed E-state index contributed by atoms with van der Waals surface area (Å²) in [6, 6.07) is 20.8. The van der Waals surface area contributed by atoms with Crippen LogP contribution in [0.2, 0.25) is 0 Å². The van der Waals surface area contributed by atoms with E-state index in [4.69, 9.17) is 0 Å². The Kier molecular flexibility index (Phi) is 3.94. The SMILES string of the molecule is O=C(Nc1cccc(NC(=O)C2CC2)c1)c1ccc2ccccc2c1. The molecule has 3 aromatic rings. The molecule has 0 aliphatic heterocycles. The fraction of sp³-hybridized carbons (Fsp3) is 0.143. The maximum atomic E-state index is 12.5. The van der Waals surface area contributed by atoms with Crippen LogP contribution < -0.4 is 10.6 Å². The fourth-order valence-corrected chi connectivity index (χ4v) is 2.80. The van der Waals surface area contributed by atoms with E-state index in [1.165, 1.54) is 0 Å². The van der Waals surface area contributed by atoms with Gasteiger partial charge in [0.1, 0.15) is 0 Å². The van der Waals surface area contributed by atoms with Crippen molar-refractivity contribution in [1.82, 2.24) is 0 Å². The Balaban J connectivity index is 1.50. The molecule has 0 spiro atoms. The van der Waals surface area contributed by atoms with Crippen LogP contribution in [-0.4, -0.2) is 11.8 Å². The third-order valence-electron chi connectivity index (χ3n) is 4.35. The molecule has 0 heterocycles. The van der Waals surface area contributed by atoms with Gasteiger partial charge in [0.15, 0.2) is 0 Å². The van der Waals surface area contributed by atoms with Crippen LogP contribution in [0.15, 0.2) is 66.7 Å². The number of fused-ring (bicyclic) bond motifs is 1. The molecule has 0 aromatic heterocycles. The maximum absolute atomic E-state index is 12.5. The molecule has 0 atom stereocenters. The predicted octanol–water partition coefficient (Wildman–Crippen LogP) is 4.44. The van der Waals surface area contributed by atoms with Gasteiger partial charge in [-0.15, -0.1) is 0 Å². The summed E-state index contributed by atoms with van der Waals surface area (Å²) in [5, 5.41) is 7.91. The smallest absolute Gasteiger partial charge is 0.255 e. The van der Waals surface area contributed by atoms with Crippen LogP contribution in [0.25, 0.3) is 10.8 Å². The Hall–Kier alpha value is -3.14. The average Bonchev–Trinajstić information content (AvgIpc) is 3.47. The fourth-order valence-electron chi connectivity index (χ4n) is 2.80. The van der Waals surface area contributed by atoms with Gasteiger partial charge in [0, 0.05) is 22.9 Å². The number of benzene rings is 3. The summed E-state index contributed by atoms with van der Waals surface area (Å²) in [4.78, 5) is 24.4. The average molecular weight is 330 g/mol. The minimum Gasteiger partial charge on any atom is -0.326 e. The highest BCUT2D eigenvalue weighted by Gasteiger charge is 2.29. The lowest BCUT2D eigenvalue weighted by atomic mass is 10.1. The van der Waals surface area contributed by atoms with Gasteiger partial charge in [0.05, 0.1) is 0 Å². The number of carbonyl (C=O) groups excluding carboxylic acids is 2. The highest BCUT2D eigenvalue weighted by Crippen LogP contribution is 2.30. The second-order valence-electron chi connectivity index (χ2n) is 6.36. The van der Waals surface area contributed by atoms with Gasteiger partial charge in [0.2, 0.25) is 5.91 Å². The number of rotatable bonds is 4. The zero-order valence-electron chi connectivity index (χ0n) is 13.7. The zero-order valence-corrected chi connectivity index (χ0v) is 13.7. The lowest BCUT2D eigenvalue weighted by Crippen LogP contribution is -2.14. The summed E-state index contributed by atoms with van der Waals surface area (Å²) in [5.74, 6) is 0.0327. The van der Waals surface area contributed by atoms with Crippen molar-refractivity contribution in [3.05, 3.63) is 72.3 Å². The molecular formula is C21H18N2O2. The number of anilines is 2. The van der Waals surface area contributed by atoms with Gasteiger partial charge in [0.25, 0.3) is 5.91 Å². The van der Waals surface area contributed by atoms with Crippen molar-refractivity contribution in [2.24, 2.45) is 5.92 Å². The topological polar surface area (TPSA) is 58.2 Å². The van der Waals surface area contributed by atoms with Crippen LogP contribution >= 0.6 is 0 Å². The van der Waals surface area contributed by atoms with E-state index < -0.39 is 0 Å². The molecule has 2 amide bonds. The molecule has 3 aromatic carbocycles. The van der Waals surface area contributed by atoms with Crippen LogP contribution in [0.5, 0.6) is 0 Å². The van der Waals surface area contributed by atoms with Crippen LogP contribution in [0.4, 0.5) is 11.4 Å². The van der Waals surface area contributed by atoms with E-state index in [-0.39, 0.29) is 17.7 Å². The minimum absolute atomic E-state index is 0.0537. The summed E-state index contributed by atoms with van der Waals surface area (Å²) in [5.41, 5.74) is 1.96. The largest absolute Gasteiger partial charge is 0.326 e. The molecule has 4 heteroatoms. The number of hydrogen-bond donors (Lipinski definition) is 2. The van der Waals surface area contributed by atoms with E-state index in [1.807, 2.05) is 60.7 Å². The molecule has 0 saturated heterocycles. The molecule has 0 unspecified atom stereocenters. The van der Waals surface area contributed by atoms with Crippen molar-refractivity contribution in [1.29, 1.82) is 0 Å². The summed E-state index contributed by atoms with van der Waals surface area (Å²) in [7, 11) is 0. The number of carbonyl (C=O) groups is 2. The van der Waals surface area contributed by atoms with E-state index in [1.54, 1.807) is 6.07 Å². The molecule has 1 saturated carbocycles. The molecule has 4 nitrogen and oxygen atoms in total. The lowest BCUT2D eigenvalue weighted by molar-refractivity contribution is -0.117. The van der Waals surface area contributed by atoms with Crippen LogP contribution in [0.1, 0.15) is 23.2 Å². The van der Waals surface area contributed by atoms with Gasteiger partial charge in [-0.2, -0.15) is 0 Å². The third-order valence-corrected chi connectivity index (χ3v) is 4.35. The van der Waals surface area contributed by atoms with E-state index in [0.717, 1.165) is 23.6 Å². The maximum Gasteiger partial charge on any atom is 0.255 e. The monoisotopic (exact) mass is 330 g/mol. The molecule has 1 aliphatic carbocycles. The van der Waals surface area contributed by atoms with E-state index in [9.17, 15) is 9.59 Å². The van der Waals surface area contributed by atoms with Crippen molar-refractivity contribution in [3.8, 4) is 0 Å². The van der Waals surface area contributed by atoms with Crippen molar-refractivity contribution in [2.45, 2.75) is 12.8 Å². The van der Waals surface area contributed by atoms with Crippen molar-refractivity contribution < 1.29 is 9.59 Å². The molecule has 25 heavy (non-hydrogen) atoms. The van der Waals surface area contributed by atoms with Crippen LogP contribution in [-0.2, 0) is 4.79 Å². The van der Waals surface area contributed by atoms with Crippen LogP contribution in [0, 0.1) is 5.92 Å². The normalized spacial score (nSPS) is 13.4. The van der Waals surface area contributed by atoms with Crippen molar-refractivity contribution in [2.75, 3.05) is 10.6 Å². The lowest BCUT2D eigenvalue weighted by Gasteiger charge is -2.09. The Bertz CT molecular complexity index is 961. The Morgan fingerprint density at radius 2 is 1.48 bits per heavy atom. The van der Waals surface area contributed by atoms with Crippen molar-refractivity contribution in [3.63, 3.8) is 0 Å². The Morgan fingerprint density at radius 1 is 0.760 bits per heavy atom. The summed E-state index contributed by atoms with van der Waals surface area (Å²) < 4.78 is 0. The Labute approximate surface area is 145 Å². The minimum atomic E-state index is -0.170. The highest BCUT2D eigenvalue weighted by molar-refractivity contribution is 6.06. The first-order valence-corrected chi connectivity index (χ1v) is 8.40. The van der Waals surface area contributed by atoms with E-state index in [0.29, 0.717) is 16.9 Å². The van der Waals surface area contributed by atoms with Gasteiger partial charge < -0.3 is 10.6 Å². The Morgan fingerprint density at radius 3 is 2.24 bits per heavy atom. The molecule has 1 fully saturated rings. The molecular weight excluding hydrogens is 312 g/mol. The molecule has 124 valence electrons. The number of hydrogen-bond acceptors (Lipinski definition) is 2. The summed E-state index contributed by atoms with van der Waals surface area (Å²) >= 11 is 0. The van der Waals surface area contributed by atoms with Gasteiger partial charge in [-0.1, -0.05) is 36.4 Å². The number of nitrogens with one attached hydrogen (secondary N) is 2. The second-order valence-corrected chi connectivity index (χ2v) is 6.36. The molecule has 0 radical (unpaired) electrons. The van der Waals surface area contributed by atoms with Crippen molar-refractivity contribution >= 4 is 34.0 Å². The molecule has 1 aliphatic rings. The van der Waals surface area contributed by atoms with Gasteiger partial charge >= 0.3 is 0 Å². The predicted molar refractivity (Wildman–Crippen MR) is 99.7 cm³/mol.